The van der Waals surface area contributed by atoms with Crippen molar-refractivity contribution < 1.29 is 4.79 Å². The molecule has 1 N–H and O–H groups in total. The molecule has 12 heavy (non-hydrogen) atoms. The first-order chi connectivity index (χ1) is 5.59. The van der Waals surface area contributed by atoms with Crippen molar-refractivity contribution in [3.05, 3.63) is 19.8 Å². The minimum absolute atomic E-state index is 0.0458. The Balaban J connectivity index is 2.62. The van der Waals surface area contributed by atoms with Gasteiger partial charge in [-0.3, -0.25) is 4.79 Å². The lowest BCUT2D eigenvalue weighted by Gasteiger charge is -1.98. The van der Waals surface area contributed by atoms with Crippen LogP contribution in [-0.2, 0) is 11.3 Å². The number of carbonyl (C=O) groups excluding carboxylic acids is 1. The van der Waals surface area contributed by atoms with E-state index in [1.807, 2.05) is 6.07 Å². The Morgan fingerprint density at radius 1 is 1.83 bits per heavy atom. The monoisotopic (exact) mass is 267 g/mol. The van der Waals surface area contributed by atoms with Crippen LogP contribution in [0.3, 0.4) is 0 Å². The molecule has 1 aromatic rings. The maximum Gasteiger partial charge on any atom is 0.217 e. The summed E-state index contributed by atoms with van der Waals surface area (Å²) in [6.45, 7) is 1.99. The minimum Gasteiger partial charge on any atom is -0.351 e. The van der Waals surface area contributed by atoms with Crippen LogP contribution < -0.4 is 5.32 Å². The van der Waals surface area contributed by atoms with Gasteiger partial charge in [0.2, 0.25) is 5.91 Å². The molecular weight excluding hydrogens is 262 g/mol. The highest BCUT2D eigenvalue weighted by Gasteiger charge is 2.05. The van der Waals surface area contributed by atoms with Gasteiger partial charge in [0.1, 0.15) is 0 Å². The molecule has 1 heterocycles. The van der Waals surface area contributed by atoms with E-state index in [-0.39, 0.29) is 5.91 Å². The number of hydrogen-bond acceptors (Lipinski definition) is 2. The fourth-order valence-electron chi connectivity index (χ4n) is 0.701. The minimum atomic E-state index is -0.0458. The molecule has 0 bridgehead atoms. The van der Waals surface area contributed by atoms with Gasteiger partial charge >= 0.3 is 0 Å². The molecule has 0 aliphatic rings. The summed E-state index contributed by atoms with van der Waals surface area (Å²) in [4.78, 5) is 11.5. The van der Waals surface area contributed by atoms with Crippen LogP contribution in [0, 0.1) is 0 Å². The third kappa shape index (κ3) is 2.77. The number of amides is 1. The van der Waals surface area contributed by atoms with E-state index in [2.05, 4.69) is 21.2 Å². The van der Waals surface area contributed by atoms with Crippen molar-refractivity contribution in [1.82, 2.24) is 5.32 Å². The van der Waals surface area contributed by atoms with Crippen molar-refractivity contribution >= 4 is 44.8 Å². The van der Waals surface area contributed by atoms with Crippen LogP contribution in [0.15, 0.2) is 9.85 Å². The number of rotatable bonds is 2. The van der Waals surface area contributed by atoms with Crippen LogP contribution in [0.2, 0.25) is 5.02 Å². The zero-order valence-electron chi connectivity index (χ0n) is 6.36. The maximum atomic E-state index is 10.6. The molecule has 0 aliphatic heterocycles. The van der Waals surface area contributed by atoms with E-state index >= 15 is 0 Å². The molecule has 0 atom stereocenters. The van der Waals surface area contributed by atoms with Gasteiger partial charge in [-0.25, -0.2) is 0 Å². The van der Waals surface area contributed by atoms with Crippen LogP contribution in [0.5, 0.6) is 0 Å². The van der Waals surface area contributed by atoms with Gasteiger partial charge in [-0.15, -0.1) is 11.3 Å². The van der Waals surface area contributed by atoms with Crippen LogP contribution in [0.1, 0.15) is 11.8 Å². The van der Waals surface area contributed by atoms with E-state index in [1.54, 1.807) is 0 Å². The number of nitrogens with one attached hydrogen (secondary N) is 1. The highest BCUT2D eigenvalue weighted by atomic mass is 79.9. The predicted molar refractivity (Wildman–Crippen MR) is 54.5 cm³/mol. The molecular formula is C7H7BrClNOS. The van der Waals surface area contributed by atoms with Crippen molar-refractivity contribution in [3.8, 4) is 0 Å². The molecule has 0 saturated heterocycles. The fourth-order valence-corrected chi connectivity index (χ4v) is 2.72. The second-order valence-corrected chi connectivity index (χ2v) is 5.15. The van der Waals surface area contributed by atoms with Gasteiger partial charge in [0.25, 0.3) is 0 Å². The van der Waals surface area contributed by atoms with Crippen molar-refractivity contribution in [2.24, 2.45) is 0 Å². The Morgan fingerprint density at radius 3 is 2.92 bits per heavy atom. The van der Waals surface area contributed by atoms with Crippen molar-refractivity contribution in [3.63, 3.8) is 0 Å². The lowest BCUT2D eigenvalue weighted by Crippen LogP contribution is -2.18. The summed E-state index contributed by atoms with van der Waals surface area (Å²) < 4.78 is 0.979. The largest absolute Gasteiger partial charge is 0.351 e. The van der Waals surface area contributed by atoms with E-state index in [4.69, 9.17) is 11.6 Å². The SMILES string of the molecule is CC(=O)NCc1sc(Br)cc1Cl. The third-order valence-electron chi connectivity index (χ3n) is 1.23. The molecule has 0 unspecified atom stereocenters. The fraction of sp³-hybridized carbons (Fsp3) is 0.286. The Kier molecular flexibility index (Phi) is 3.55. The van der Waals surface area contributed by atoms with Crippen molar-refractivity contribution in [1.29, 1.82) is 0 Å². The predicted octanol–water partition coefficient (Wildman–Crippen LogP) is 2.80. The highest BCUT2D eigenvalue weighted by Crippen LogP contribution is 2.30. The summed E-state index contributed by atoms with van der Waals surface area (Å²) in [5.41, 5.74) is 0. The Labute approximate surface area is 88.0 Å². The van der Waals surface area contributed by atoms with E-state index in [0.717, 1.165) is 8.66 Å². The lowest BCUT2D eigenvalue weighted by molar-refractivity contribution is -0.119. The quantitative estimate of drug-likeness (QED) is 0.878. The van der Waals surface area contributed by atoms with Gasteiger partial charge in [0.05, 0.1) is 15.4 Å². The molecule has 1 rings (SSSR count). The smallest absolute Gasteiger partial charge is 0.217 e. The topological polar surface area (TPSA) is 29.1 Å². The first kappa shape index (κ1) is 10.0. The van der Waals surface area contributed by atoms with E-state index < -0.39 is 0 Å². The second kappa shape index (κ2) is 4.25. The number of carbonyl (C=O) groups is 1. The molecule has 5 heteroatoms. The number of halogens is 2. The van der Waals surface area contributed by atoms with Crippen LogP contribution in [-0.4, -0.2) is 5.91 Å². The van der Waals surface area contributed by atoms with Crippen LogP contribution in [0.4, 0.5) is 0 Å². The van der Waals surface area contributed by atoms with Crippen molar-refractivity contribution in [2.45, 2.75) is 13.5 Å². The van der Waals surface area contributed by atoms with Crippen molar-refractivity contribution in [2.75, 3.05) is 0 Å². The molecule has 0 spiro atoms. The number of hydrogen-bond donors (Lipinski definition) is 1. The molecule has 2 nitrogen and oxygen atoms in total. The standard InChI is InChI=1S/C7H7BrClNOS/c1-4(11)10-3-6-5(9)2-7(8)12-6/h2H,3H2,1H3,(H,10,11). The average Bonchev–Trinajstić information content (AvgIpc) is 2.26. The van der Waals surface area contributed by atoms with Gasteiger partial charge in [0, 0.05) is 11.8 Å². The Morgan fingerprint density at radius 2 is 2.50 bits per heavy atom. The van der Waals surface area contributed by atoms with E-state index in [1.165, 1.54) is 18.3 Å². The second-order valence-electron chi connectivity index (χ2n) is 2.23. The summed E-state index contributed by atoms with van der Waals surface area (Å²) in [5, 5.41) is 3.38. The van der Waals surface area contributed by atoms with Crippen LogP contribution >= 0.6 is 38.9 Å². The van der Waals surface area contributed by atoms with E-state index in [0.29, 0.717) is 11.6 Å². The van der Waals surface area contributed by atoms with Gasteiger partial charge in [-0.2, -0.15) is 0 Å². The van der Waals surface area contributed by atoms with E-state index in [9.17, 15) is 4.79 Å². The zero-order valence-corrected chi connectivity index (χ0v) is 9.52. The highest BCUT2D eigenvalue weighted by molar-refractivity contribution is 9.11. The Hall–Kier alpha value is -0.0600. The van der Waals surface area contributed by atoms with Gasteiger partial charge in [0.15, 0.2) is 0 Å². The molecule has 0 fully saturated rings. The van der Waals surface area contributed by atoms with Crippen LogP contribution in [0.25, 0.3) is 0 Å². The molecule has 0 aromatic carbocycles. The van der Waals surface area contributed by atoms with Gasteiger partial charge in [-0.1, -0.05) is 11.6 Å². The third-order valence-corrected chi connectivity index (χ3v) is 3.31. The lowest BCUT2D eigenvalue weighted by atomic mass is 10.4. The number of thiophene rings is 1. The molecule has 66 valence electrons. The van der Waals surface area contributed by atoms with Gasteiger partial charge in [-0.05, 0) is 22.0 Å². The zero-order chi connectivity index (χ0) is 9.14. The average molecular weight is 269 g/mol. The molecule has 0 radical (unpaired) electrons. The molecule has 0 aliphatic carbocycles. The molecule has 0 saturated carbocycles. The molecule has 1 aromatic heterocycles. The Bertz CT molecular complexity index is 300. The molecule has 1 amide bonds. The summed E-state index contributed by atoms with van der Waals surface area (Å²) in [7, 11) is 0. The normalized spacial score (nSPS) is 9.92. The summed E-state index contributed by atoms with van der Waals surface area (Å²) in [6, 6.07) is 1.82. The summed E-state index contributed by atoms with van der Waals surface area (Å²) in [5.74, 6) is -0.0458. The van der Waals surface area contributed by atoms with Gasteiger partial charge < -0.3 is 5.32 Å². The summed E-state index contributed by atoms with van der Waals surface area (Å²) >= 11 is 10.7. The first-order valence-corrected chi connectivity index (χ1v) is 5.26. The first-order valence-electron chi connectivity index (χ1n) is 3.27. The maximum absolute atomic E-state index is 10.6. The summed E-state index contributed by atoms with van der Waals surface area (Å²) in [6.07, 6.45) is 0.